The van der Waals surface area contributed by atoms with Crippen molar-refractivity contribution >= 4 is 17.3 Å². The standard InChI is InChI=1S/C18H33N5S/c1-13(2)16(23-10-6-7-11-23)12-21-18(19-5)20-9-8-17-22-14(3)15(4)24-17/h13,16H,6-12H2,1-5H3,(H2,19,20,21). The van der Waals surface area contributed by atoms with Crippen LogP contribution in [0.3, 0.4) is 0 Å². The van der Waals surface area contributed by atoms with Gasteiger partial charge >= 0.3 is 0 Å². The normalized spacial score (nSPS) is 17.5. The van der Waals surface area contributed by atoms with Gasteiger partial charge in [0.25, 0.3) is 0 Å². The lowest BCUT2D eigenvalue weighted by molar-refractivity contribution is 0.192. The number of rotatable bonds is 7. The second kappa shape index (κ2) is 9.37. The lowest BCUT2D eigenvalue weighted by atomic mass is 10.0. The maximum absolute atomic E-state index is 4.59. The number of guanidine groups is 1. The molecule has 0 aromatic carbocycles. The minimum Gasteiger partial charge on any atom is -0.356 e. The largest absolute Gasteiger partial charge is 0.356 e. The minimum absolute atomic E-state index is 0.579. The monoisotopic (exact) mass is 351 g/mol. The number of nitrogens with zero attached hydrogens (tertiary/aromatic N) is 3. The van der Waals surface area contributed by atoms with Crippen LogP contribution in [-0.4, -0.2) is 55.1 Å². The van der Waals surface area contributed by atoms with Crippen molar-refractivity contribution in [1.82, 2.24) is 20.5 Å². The van der Waals surface area contributed by atoms with E-state index in [1.165, 1.54) is 35.8 Å². The molecule has 1 aromatic heterocycles. The SMILES string of the molecule is CN=C(NCCc1nc(C)c(C)s1)NCC(C(C)C)N1CCCC1. The van der Waals surface area contributed by atoms with E-state index in [2.05, 4.69) is 53.2 Å². The van der Waals surface area contributed by atoms with Gasteiger partial charge < -0.3 is 10.6 Å². The van der Waals surface area contributed by atoms with Crippen molar-refractivity contribution in [2.24, 2.45) is 10.9 Å². The van der Waals surface area contributed by atoms with E-state index in [4.69, 9.17) is 0 Å². The third-order valence-electron chi connectivity index (χ3n) is 4.79. The molecule has 1 saturated heterocycles. The fraction of sp³-hybridized carbons (Fsp3) is 0.778. The fourth-order valence-corrected chi connectivity index (χ4v) is 4.15. The summed E-state index contributed by atoms with van der Waals surface area (Å²) in [5.74, 6) is 1.54. The molecule has 1 atom stereocenters. The van der Waals surface area contributed by atoms with Crippen LogP contribution in [0.25, 0.3) is 0 Å². The zero-order valence-electron chi connectivity index (χ0n) is 15.9. The molecule has 0 radical (unpaired) electrons. The molecule has 0 amide bonds. The number of hydrogen-bond acceptors (Lipinski definition) is 4. The molecule has 2 rings (SSSR count). The molecule has 136 valence electrons. The van der Waals surface area contributed by atoms with E-state index in [0.717, 1.165) is 31.2 Å². The summed E-state index contributed by atoms with van der Waals surface area (Å²) in [5, 5.41) is 8.13. The van der Waals surface area contributed by atoms with Crippen LogP contribution in [0.2, 0.25) is 0 Å². The Labute approximate surface area is 151 Å². The molecule has 0 saturated carbocycles. The molecular formula is C18H33N5S. The summed E-state index contributed by atoms with van der Waals surface area (Å²) < 4.78 is 0. The molecular weight excluding hydrogens is 318 g/mol. The van der Waals surface area contributed by atoms with Crippen LogP contribution in [0.4, 0.5) is 0 Å². The van der Waals surface area contributed by atoms with Gasteiger partial charge in [-0.2, -0.15) is 0 Å². The van der Waals surface area contributed by atoms with Gasteiger partial charge in [-0.05, 0) is 45.7 Å². The lowest BCUT2D eigenvalue weighted by Crippen LogP contribution is -2.48. The Kier molecular flexibility index (Phi) is 7.49. The summed E-state index contributed by atoms with van der Waals surface area (Å²) in [7, 11) is 1.84. The van der Waals surface area contributed by atoms with Crippen LogP contribution in [0.1, 0.15) is 42.3 Å². The van der Waals surface area contributed by atoms with Gasteiger partial charge in [0.15, 0.2) is 5.96 Å². The first-order valence-corrected chi connectivity index (χ1v) is 9.94. The number of nitrogens with one attached hydrogen (secondary N) is 2. The van der Waals surface area contributed by atoms with Crippen LogP contribution >= 0.6 is 11.3 Å². The third kappa shape index (κ3) is 5.45. The number of likely N-dealkylation sites (tertiary alicyclic amines) is 1. The summed E-state index contributed by atoms with van der Waals surface area (Å²) in [5.41, 5.74) is 1.16. The Bertz CT molecular complexity index is 512. The highest BCUT2D eigenvalue weighted by atomic mass is 32.1. The van der Waals surface area contributed by atoms with Crippen LogP contribution in [-0.2, 0) is 6.42 Å². The molecule has 6 heteroatoms. The molecule has 1 aliphatic rings. The van der Waals surface area contributed by atoms with E-state index in [-0.39, 0.29) is 0 Å². The highest BCUT2D eigenvalue weighted by Crippen LogP contribution is 2.17. The number of aromatic nitrogens is 1. The van der Waals surface area contributed by atoms with Gasteiger partial charge in [-0.1, -0.05) is 13.8 Å². The predicted octanol–water partition coefficient (Wildman–Crippen LogP) is 2.59. The maximum Gasteiger partial charge on any atom is 0.191 e. The van der Waals surface area contributed by atoms with Crippen molar-refractivity contribution < 1.29 is 0 Å². The van der Waals surface area contributed by atoms with Gasteiger partial charge in [-0.15, -0.1) is 11.3 Å². The third-order valence-corrected chi connectivity index (χ3v) is 5.92. The summed E-state index contributed by atoms with van der Waals surface area (Å²) in [6.07, 6.45) is 3.62. The molecule has 1 unspecified atom stereocenters. The Morgan fingerprint density at radius 3 is 2.50 bits per heavy atom. The molecule has 2 heterocycles. The van der Waals surface area contributed by atoms with Gasteiger partial charge in [0.2, 0.25) is 0 Å². The van der Waals surface area contributed by atoms with Crippen LogP contribution in [0, 0.1) is 19.8 Å². The van der Waals surface area contributed by atoms with E-state index < -0.39 is 0 Å². The predicted molar refractivity (Wildman–Crippen MR) is 104 cm³/mol. The molecule has 0 aliphatic carbocycles. The van der Waals surface area contributed by atoms with E-state index in [1.54, 1.807) is 11.3 Å². The smallest absolute Gasteiger partial charge is 0.191 e. The molecule has 1 aromatic rings. The Morgan fingerprint density at radius 2 is 1.96 bits per heavy atom. The number of aryl methyl sites for hydroxylation is 2. The van der Waals surface area contributed by atoms with Crippen molar-refractivity contribution in [3.05, 3.63) is 15.6 Å². The van der Waals surface area contributed by atoms with Crippen molar-refractivity contribution in [1.29, 1.82) is 0 Å². The summed E-state index contributed by atoms with van der Waals surface area (Å²) in [6, 6.07) is 0.579. The Balaban J connectivity index is 1.76. The van der Waals surface area contributed by atoms with Crippen molar-refractivity contribution in [2.45, 2.75) is 53.0 Å². The lowest BCUT2D eigenvalue weighted by Gasteiger charge is -2.31. The Morgan fingerprint density at radius 1 is 1.25 bits per heavy atom. The molecule has 2 N–H and O–H groups in total. The summed E-state index contributed by atoms with van der Waals surface area (Å²) >= 11 is 1.79. The van der Waals surface area contributed by atoms with Crippen LogP contribution in [0.15, 0.2) is 4.99 Å². The second-order valence-corrected chi connectivity index (χ2v) is 8.22. The average molecular weight is 352 g/mol. The van der Waals surface area contributed by atoms with Gasteiger partial charge in [-0.3, -0.25) is 9.89 Å². The van der Waals surface area contributed by atoms with Crippen molar-refractivity contribution in [3.63, 3.8) is 0 Å². The van der Waals surface area contributed by atoms with Gasteiger partial charge in [0.1, 0.15) is 0 Å². The fourth-order valence-electron chi connectivity index (χ4n) is 3.22. The van der Waals surface area contributed by atoms with Crippen molar-refractivity contribution in [2.75, 3.05) is 33.2 Å². The number of hydrogen-bond donors (Lipinski definition) is 2. The first-order chi connectivity index (χ1) is 11.5. The zero-order valence-corrected chi connectivity index (χ0v) is 16.7. The van der Waals surface area contributed by atoms with Crippen LogP contribution in [0.5, 0.6) is 0 Å². The first-order valence-electron chi connectivity index (χ1n) is 9.12. The summed E-state index contributed by atoms with van der Waals surface area (Å²) in [6.45, 7) is 13.1. The molecule has 1 fully saturated rings. The van der Waals surface area contributed by atoms with Crippen LogP contribution < -0.4 is 10.6 Å². The molecule has 0 spiro atoms. The van der Waals surface area contributed by atoms with Gasteiger partial charge in [0, 0.05) is 37.5 Å². The molecule has 1 aliphatic heterocycles. The quantitative estimate of drug-likeness (QED) is 0.586. The van der Waals surface area contributed by atoms with E-state index in [0.29, 0.717) is 12.0 Å². The minimum atomic E-state index is 0.579. The zero-order chi connectivity index (χ0) is 17.5. The number of aliphatic imine (C=N–C) groups is 1. The first kappa shape index (κ1) is 19.2. The maximum atomic E-state index is 4.59. The Hall–Kier alpha value is -1.14. The van der Waals surface area contributed by atoms with E-state index >= 15 is 0 Å². The highest BCUT2D eigenvalue weighted by Gasteiger charge is 2.24. The molecule has 0 bridgehead atoms. The molecule has 24 heavy (non-hydrogen) atoms. The second-order valence-electron chi connectivity index (χ2n) is 6.93. The van der Waals surface area contributed by atoms with Crippen molar-refractivity contribution in [3.8, 4) is 0 Å². The number of thiazole rings is 1. The topological polar surface area (TPSA) is 52.6 Å². The van der Waals surface area contributed by atoms with E-state index in [1.807, 2.05) is 7.05 Å². The highest BCUT2D eigenvalue weighted by molar-refractivity contribution is 7.11. The summed E-state index contributed by atoms with van der Waals surface area (Å²) in [4.78, 5) is 12.9. The molecule has 5 nitrogen and oxygen atoms in total. The average Bonchev–Trinajstić information content (AvgIpc) is 3.16. The van der Waals surface area contributed by atoms with Gasteiger partial charge in [0.05, 0.1) is 10.7 Å². The van der Waals surface area contributed by atoms with Gasteiger partial charge in [-0.25, -0.2) is 4.98 Å². The van der Waals surface area contributed by atoms with E-state index in [9.17, 15) is 0 Å².